The zero-order chi connectivity index (χ0) is 41.0. The number of hydrogen-bond donors (Lipinski definition) is 2. The van der Waals surface area contributed by atoms with Crippen molar-refractivity contribution in [3.63, 3.8) is 0 Å². The van der Waals surface area contributed by atoms with Gasteiger partial charge in [-0.2, -0.15) is 0 Å². The highest BCUT2D eigenvalue weighted by Gasteiger charge is 2.55. The fourth-order valence-corrected chi connectivity index (χ4v) is 8.39. The van der Waals surface area contributed by atoms with E-state index in [4.69, 9.17) is 19.0 Å². The molecule has 0 bridgehead atoms. The SMILES string of the molecule is CC(C)(C)OC(=O)Nc1nc(/C(=N/OC(C)(C)C(=O)OC(C)(C)C)C(=O)N[C@@H]2C(=O)N3C(C(=O)OC(c4ccccc4)c4ccccc4)=C(CI)CS[C@H]23)cs1. The predicted octanol–water partition coefficient (Wildman–Crippen LogP) is 6.75. The smallest absolute Gasteiger partial charge is 0.413 e. The number of carbonyl (C=O) groups excluding carboxylic acids is 5. The molecular weight excluding hydrogens is 873 g/mol. The monoisotopic (exact) mass is 917 g/mol. The summed E-state index contributed by atoms with van der Waals surface area (Å²) in [6, 6.07) is 17.6. The van der Waals surface area contributed by atoms with Crippen molar-refractivity contribution in [1.82, 2.24) is 15.2 Å². The van der Waals surface area contributed by atoms with Crippen molar-refractivity contribution in [3.8, 4) is 0 Å². The summed E-state index contributed by atoms with van der Waals surface area (Å²) in [5, 5.41) is 10.2. The largest absolute Gasteiger partial charge is 0.457 e. The van der Waals surface area contributed by atoms with Crippen molar-refractivity contribution >= 4 is 86.4 Å². The molecule has 3 amide bonds. The van der Waals surface area contributed by atoms with Gasteiger partial charge in [0.2, 0.25) is 5.60 Å². The summed E-state index contributed by atoms with van der Waals surface area (Å²) >= 11 is 4.54. The van der Waals surface area contributed by atoms with Gasteiger partial charge in [0.25, 0.3) is 11.8 Å². The minimum atomic E-state index is -1.64. The minimum Gasteiger partial charge on any atom is -0.457 e. The molecule has 0 saturated carbocycles. The normalized spacial score (nSPS) is 17.4. The first-order chi connectivity index (χ1) is 26.3. The van der Waals surface area contributed by atoms with Gasteiger partial charge in [0.15, 0.2) is 16.9 Å². The summed E-state index contributed by atoms with van der Waals surface area (Å²) < 4.78 is 17.4. The quantitative estimate of drug-likeness (QED) is 0.0374. The number of carbonyl (C=O) groups is 5. The van der Waals surface area contributed by atoms with Crippen LogP contribution in [-0.4, -0.2) is 83.8 Å². The van der Waals surface area contributed by atoms with Crippen molar-refractivity contribution in [2.24, 2.45) is 5.16 Å². The topological polar surface area (TPSA) is 175 Å². The number of esters is 2. The molecule has 5 rings (SSSR count). The van der Waals surface area contributed by atoms with Gasteiger partial charge < -0.3 is 24.4 Å². The van der Waals surface area contributed by atoms with E-state index in [1.807, 2.05) is 60.7 Å². The molecule has 0 aliphatic carbocycles. The van der Waals surface area contributed by atoms with E-state index in [2.05, 4.69) is 43.4 Å². The van der Waals surface area contributed by atoms with E-state index in [0.29, 0.717) is 10.2 Å². The van der Waals surface area contributed by atoms with Crippen LogP contribution in [0.5, 0.6) is 0 Å². The maximum Gasteiger partial charge on any atom is 0.413 e. The molecule has 2 aliphatic rings. The van der Waals surface area contributed by atoms with Crippen LogP contribution in [0.2, 0.25) is 0 Å². The number of thiazole rings is 1. The van der Waals surface area contributed by atoms with Crippen molar-refractivity contribution in [2.75, 3.05) is 15.5 Å². The lowest BCUT2D eigenvalue weighted by atomic mass is 10.0. The van der Waals surface area contributed by atoms with E-state index in [0.717, 1.165) is 28.0 Å². The summed E-state index contributed by atoms with van der Waals surface area (Å²) in [6.45, 7) is 13.1. The second-order valence-corrected chi connectivity index (χ2v) is 18.0. The molecule has 14 nitrogen and oxygen atoms in total. The molecule has 1 fully saturated rings. The molecule has 2 aromatic carbocycles. The van der Waals surface area contributed by atoms with Gasteiger partial charge in [0.05, 0.1) is 0 Å². The standard InChI is InChI=1S/C39H44IN5O9S2/c1-37(2,3)52-34(49)39(7,8)54-44-26(25-21-56-35(41-25)43-36(50)53-38(4,5)6)30(46)42-27-31(47)45-28(24(19-40)20-55-32(27)45)33(48)51-29(22-15-11-9-12-16-22)23-17-13-10-14-18-23/h9-18,21,27,29,32H,19-20H2,1-8H3,(H,42,46)(H,41,43,50)/b44-26-/t27-,32-/m1/s1. The Bertz CT molecular complexity index is 1980. The van der Waals surface area contributed by atoms with Gasteiger partial charge in [-0.05, 0) is 72.1 Å². The molecule has 0 unspecified atom stereocenters. The zero-order valence-corrected chi connectivity index (χ0v) is 36.0. The van der Waals surface area contributed by atoms with Crippen molar-refractivity contribution in [2.45, 2.75) is 89.7 Å². The fourth-order valence-electron chi connectivity index (χ4n) is 5.36. The van der Waals surface area contributed by atoms with Gasteiger partial charge in [0, 0.05) is 15.6 Å². The molecule has 0 radical (unpaired) electrons. The highest BCUT2D eigenvalue weighted by atomic mass is 127. The van der Waals surface area contributed by atoms with Gasteiger partial charge in [-0.3, -0.25) is 19.8 Å². The second kappa shape index (κ2) is 17.3. The lowest BCUT2D eigenvalue weighted by Crippen LogP contribution is -2.71. The van der Waals surface area contributed by atoms with Crippen LogP contribution in [0.15, 0.2) is 82.5 Å². The van der Waals surface area contributed by atoms with Crippen LogP contribution in [0.25, 0.3) is 0 Å². The third kappa shape index (κ3) is 10.5. The molecular formula is C39H44IN5O9S2. The first-order valence-electron chi connectivity index (χ1n) is 17.6. The number of anilines is 1. The number of ether oxygens (including phenoxy) is 3. The highest BCUT2D eigenvalue weighted by Crippen LogP contribution is 2.42. The Morgan fingerprint density at radius 2 is 1.52 bits per heavy atom. The van der Waals surface area contributed by atoms with Crippen molar-refractivity contribution < 1.29 is 43.0 Å². The Morgan fingerprint density at radius 3 is 2.07 bits per heavy atom. The summed E-state index contributed by atoms with van der Waals surface area (Å²) in [5.41, 5.74) is -1.22. The Balaban J connectivity index is 1.39. The number of β-lactam (4-membered cyclic amide) rings is 1. The van der Waals surface area contributed by atoms with Crippen LogP contribution >= 0.6 is 45.7 Å². The number of aromatic nitrogens is 1. The number of amides is 3. The molecule has 1 saturated heterocycles. The Morgan fingerprint density at radius 1 is 0.929 bits per heavy atom. The summed E-state index contributed by atoms with van der Waals surface area (Å²) in [5.74, 6) is -2.36. The Kier molecular flexibility index (Phi) is 13.2. The predicted molar refractivity (Wildman–Crippen MR) is 221 cm³/mol. The number of benzene rings is 2. The molecule has 2 N–H and O–H groups in total. The zero-order valence-electron chi connectivity index (χ0n) is 32.2. The van der Waals surface area contributed by atoms with Crippen LogP contribution in [-0.2, 0) is 38.2 Å². The lowest BCUT2D eigenvalue weighted by molar-refractivity contribution is -0.179. The third-order valence-corrected chi connectivity index (χ3v) is 11.0. The molecule has 3 aromatic rings. The number of hydrogen-bond acceptors (Lipinski definition) is 13. The first-order valence-corrected chi connectivity index (χ1v) is 21.0. The number of nitrogens with one attached hydrogen (secondary N) is 2. The van der Waals surface area contributed by atoms with Crippen LogP contribution < -0.4 is 10.6 Å². The summed E-state index contributed by atoms with van der Waals surface area (Å²) in [4.78, 5) is 78.7. The fraction of sp³-hybridized carbons (Fsp3) is 0.410. The van der Waals surface area contributed by atoms with Crippen LogP contribution in [0, 0.1) is 0 Å². The number of nitrogens with zero attached hydrogens (tertiary/aromatic N) is 3. The molecule has 2 aliphatic heterocycles. The molecule has 17 heteroatoms. The van der Waals surface area contributed by atoms with Gasteiger partial charge in [0.1, 0.15) is 34.0 Å². The molecule has 56 heavy (non-hydrogen) atoms. The lowest BCUT2D eigenvalue weighted by Gasteiger charge is -2.49. The number of alkyl halides is 1. The van der Waals surface area contributed by atoms with E-state index in [1.54, 1.807) is 41.5 Å². The summed E-state index contributed by atoms with van der Waals surface area (Å²) in [6.07, 6.45) is -1.49. The van der Waals surface area contributed by atoms with E-state index in [9.17, 15) is 24.0 Å². The maximum absolute atomic E-state index is 14.1. The van der Waals surface area contributed by atoms with E-state index < -0.39 is 64.2 Å². The van der Waals surface area contributed by atoms with Crippen LogP contribution in [0.4, 0.5) is 9.93 Å². The molecule has 1 aromatic heterocycles. The molecule has 0 spiro atoms. The van der Waals surface area contributed by atoms with Crippen molar-refractivity contribution in [1.29, 1.82) is 0 Å². The van der Waals surface area contributed by atoms with Crippen LogP contribution in [0.3, 0.4) is 0 Å². The Hall–Kier alpha value is -4.49. The maximum atomic E-state index is 14.1. The number of fused-ring (bicyclic) bond motifs is 1. The van der Waals surface area contributed by atoms with Crippen LogP contribution in [0.1, 0.15) is 78.3 Å². The number of rotatable bonds is 12. The van der Waals surface area contributed by atoms with E-state index in [-0.39, 0.29) is 22.2 Å². The average Bonchev–Trinajstić information content (AvgIpc) is 3.58. The molecule has 298 valence electrons. The Labute approximate surface area is 347 Å². The number of thioether (sulfide) groups is 1. The average molecular weight is 918 g/mol. The van der Waals surface area contributed by atoms with Gasteiger partial charge in [-0.1, -0.05) is 88.4 Å². The van der Waals surface area contributed by atoms with E-state index in [1.165, 1.54) is 35.9 Å². The third-order valence-electron chi connectivity index (χ3n) is 7.94. The van der Waals surface area contributed by atoms with Gasteiger partial charge in [-0.15, -0.1) is 23.1 Å². The summed E-state index contributed by atoms with van der Waals surface area (Å²) in [7, 11) is 0. The highest BCUT2D eigenvalue weighted by molar-refractivity contribution is 14.1. The second-order valence-electron chi connectivity index (χ2n) is 15.3. The number of halogens is 1. The van der Waals surface area contributed by atoms with E-state index >= 15 is 0 Å². The number of oxime groups is 1. The van der Waals surface area contributed by atoms with Gasteiger partial charge >= 0.3 is 18.0 Å². The van der Waals surface area contributed by atoms with Crippen molar-refractivity contribution in [3.05, 3.63) is 94.1 Å². The molecule has 2 atom stereocenters. The first kappa shape index (κ1) is 42.6. The minimum absolute atomic E-state index is 0.0114. The molecule has 3 heterocycles. The van der Waals surface area contributed by atoms with Gasteiger partial charge in [-0.25, -0.2) is 19.4 Å².